The van der Waals surface area contributed by atoms with Crippen molar-refractivity contribution >= 4 is 27.6 Å². The lowest BCUT2D eigenvalue weighted by Gasteiger charge is -2.36. The van der Waals surface area contributed by atoms with Crippen molar-refractivity contribution in [3.8, 4) is 0 Å². The van der Waals surface area contributed by atoms with Gasteiger partial charge in [0.05, 0.1) is 15.9 Å². The van der Waals surface area contributed by atoms with E-state index in [1.807, 2.05) is 0 Å². The van der Waals surface area contributed by atoms with Crippen molar-refractivity contribution in [2.75, 3.05) is 0 Å². The molecular weight excluding hydrogens is 406 g/mol. The fourth-order valence-corrected chi connectivity index (χ4v) is 4.19. The van der Waals surface area contributed by atoms with Crippen LogP contribution in [0.5, 0.6) is 0 Å². The molecule has 0 radical (unpaired) electrons. The van der Waals surface area contributed by atoms with Gasteiger partial charge in [0.2, 0.25) is 5.91 Å². The topological polar surface area (TPSA) is 46.2 Å². The number of amides is 1. The summed E-state index contributed by atoms with van der Waals surface area (Å²) in [5, 5.41) is 2.64. The third-order valence-electron chi connectivity index (χ3n) is 5.28. The zero-order valence-corrected chi connectivity index (χ0v) is 14.9. The van der Waals surface area contributed by atoms with Crippen LogP contribution in [-0.4, -0.2) is 23.4 Å². The normalized spacial score (nSPS) is 30.0. The summed E-state index contributed by atoms with van der Waals surface area (Å²) < 4.78 is 52.3. The van der Waals surface area contributed by atoms with E-state index in [1.165, 1.54) is 12.1 Å². The van der Waals surface area contributed by atoms with Crippen molar-refractivity contribution < 1.29 is 27.2 Å². The Morgan fingerprint density at radius 1 is 1.20 bits per heavy atom. The molecule has 1 unspecified atom stereocenters. The van der Waals surface area contributed by atoms with Crippen molar-refractivity contribution in [1.82, 2.24) is 5.32 Å². The van der Waals surface area contributed by atoms with Crippen LogP contribution in [-0.2, 0) is 9.59 Å². The van der Waals surface area contributed by atoms with Gasteiger partial charge in [0.15, 0.2) is 5.78 Å². The number of halogens is 5. The molecule has 1 atom stereocenters. The Bertz CT molecular complexity index is 739. The maximum atomic E-state index is 13.6. The van der Waals surface area contributed by atoms with Gasteiger partial charge in [0, 0.05) is 0 Å². The highest BCUT2D eigenvalue weighted by Gasteiger charge is 2.56. The Morgan fingerprint density at radius 2 is 1.80 bits per heavy atom. The highest BCUT2D eigenvalue weighted by molar-refractivity contribution is 9.10. The smallest absolute Gasteiger partial charge is 0.343 e. The lowest BCUT2D eigenvalue weighted by Crippen LogP contribution is -2.50. The second kappa shape index (κ2) is 6.07. The van der Waals surface area contributed by atoms with Crippen LogP contribution < -0.4 is 5.32 Å². The van der Waals surface area contributed by atoms with Crippen LogP contribution in [0.4, 0.5) is 17.6 Å². The van der Waals surface area contributed by atoms with Crippen molar-refractivity contribution in [2.24, 2.45) is 5.92 Å². The first-order valence-corrected chi connectivity index (χ1v) is 8.73. The number of aryl methyl sites for hydroxylation is 1. The second-order valence-corrected chi connectivity index (χ2v) is 7.66. The predicted molar refractivity (Wildman–Crippen MR) is 85.5 cm³/mol. The van der Waals surface area contributed by atoms with E-state index in [1.54, 1.807) is 6.92 Å². The molecule has 1 N–H and O–H groups in total. The minimum absolute atomic E-state index is 0.0281. The fourth-order valence-electron chi connectivity index (χ4n) is 3.83. The molecule has 2 fully saturated rings. The van der Waals surface area contributed by atoms with Crippen LogP contribution in [0.3, 0.4) is 0 Å². The Balaban J connectivity index is 1.88. The molecule has 8 heteroatoms. The van der Waals surface area contributed by atoms with Gasteiger partial charge in [-0.3, -0.25) is 9.59 Å². The van der Waals surface area contributed by atoms with Crippen molar-refractivity contribution in [3.05, 3.63) is 33.5 Å². The molecule has 3 rings (SSSR count). The molecule has 1 spiro atoms. The van der Waals surface area contributed by atoms with Crippen LogP contribution in [0.2, 0.25) is 0 Å². The number of hydrogen-bond acceptors (Lipinski definition) is 2. The molecule has 1 heterocycles. The molecule has 25 heavy (non-hydrogen) atoms. The molecule has 1 aliphatic heterocycles. The summed E-state index contributed by atoms with van der Waals surface area (Å²) in [5.74, 6) is -4.01. The molecule has 1 aliphatic carbocycles. The average Bonchev–Trinajstić information content (AvgIpc) is 2.74. The van der Waals surface area contributed by atoms with E-state index >= 15 is 0 Å². The molecule has 1 aromatic rings. The summed E-state index contributed by atoms with van der Waals surface area (Å²) in [7, 11) is 0. The minimum Gasteiger partial charge on any atom is -0.343 e. The van der Waals surface area contributed by atoms with Crippen LogP contribution >= 0.6 is 15.9 Å². The summed E-state index contributed by atoms with van der Waals surface area (Å²) >= 11 is 3.04. The number of carbonyl (C=O) groups excluding carboxylic acids is 2. The first kappa shape index (κ1) is 18.4. The first-order valence-electron chi connectivity index (χ1n) is 7.94. The fraction of sp³-hybridized carbons (Fsp3) is 0.529. The molecule has 3 nitrogen and oxygen atoms in total. The van der Waals surface area contributed by atoms with E-state index in [0.717, 1.165) is 0 Å². The third-order valence-corrected chi connectivity index (χ3v) is 5.89. The number of nitrogens with one attached hydrogen (secondary N) is 1. The maximum Gasteiger partial charge on any atom is 0.391 e. The monoisotopic (exact) mass is 421 g/mol. The Kier molecular flexibility index (Phi) is 4.46. The van der Waals surface area contributed by atoms with Gasteiger partial charge >= 0.3 is 6.18 Å². The number of alkyl halides is 3. The van der Waals surface area contributed by atoms with E-state index in [4.69, 9.17) is 0 Å². The SMILES string of the molecule is Cc1cc(F)c(Br)cc1C1C(=O)NC2(CCC(C(F)(F)F)CC2)C1=O. The number of rotatable bonds is 1. The molecule has 0 aromatic heterocycles. The third kappa shape index (κ3) is 3.09. The van der Waals surface area contributed by atoms with Gasteiger partial charge in [-0.25, -0.2) is 4.39 Å². The molecule has 136 valence electrons. The van der Waals surface area contributed by atoms with E-state index in [2.05, 4.69) is 21.2 Å². The summed E-state index contributed by atoms with van der Waals surface area (Å²) in [6, 6.07) is 2.62. The Labute approximate surface area is 150 Å². The maximum absolute atomic E-state index is 13.6. The van der Waals surface area contributed by atoms with Crippen LogP contribution in [0, 0.1) is 18.7 Å². The highest BCUT2D eigenvalue weighted by atomic mass is 79.9. The average molecular weight is 422 g/mol. The molecule has 2 aliphatic rings. The number of ketones is 1. The Hall–Kier alpha value is -1.44. The minimum atomic E-state index is -4.29. The highest BCUT2D eigenvalue weighted by Crippen LogP contribution is 2.46. The number of Topliss-reactive ketones (excluding diaryl/α,β-unsaturated/α-hetero) is 1. The van der Waals surface area contributed by atoms with Crippen molar-refractivity contribution in [3.63, 3.8) is 0 Å². The van der Waals surface area contributed by atoms with E-state index in [-0.39, 0.29) is 30.2 Å². The first-order chi connectivity index (χ1) is 11.5. The molecule has 1 amide bonds. The second-order valence-electron chi connectivity index (χ2n) is 6.81. The number of hydrogen-bond donors (Lipinski definition) is 1. The molecule has 1 saturated carbocycles. The number of carbonyl (C=O) groups is 2. The van der Waals surface area contributed by atoms with E-state index < -0.39 is 41.1 Å². The van der Waals surface area contributed by atoms with Crippen molar-refractivity contribution in [1.29, 1.82) is 0 Å². The molecule has 0 bridgehead atoms. The molecule has 1 aromatic carbocycles. The Morgan fingerprint density at radius 3 is 2.36 bits per heavy atom. The van der Waals surface area contributed by atoms with Crippen molar-refractivity contribution in [2.45, 2.75) is 50.2 Å². The lowest BCUT2D eigenvalue weighted by atomic mass is 9.72. The van der Waals surface area contributed by atoms with E-state index in [0.29, 0.717) is 11.1 Å². The predicted octanol–water partition coefficient (Wildman–Crippen LogP) is 4.17. The largest absolute Gasteiger partial charge is 0.391 e. The molecule has 1 saturated heterocycles. The van der Waals surface area contributed by atoms with Gasteiger partial charge in [0.1, 0.15) is 11.7 Å². The zero-order valence-electron chi connectivity index (χ0n) is 13.3. The standard InChI is InChI=1S/C17H16BrF4NO2/c1-8-6-12(19)11(18)7-10(8)13-14(24)16(23-15(13)25)4-2-9(3-5-16)17(20,21)22/h6-7,9,13H,2-5H2,1H3,(H,23,25). The summed E-state index contributed by atoms with van der Waals surface area (Å²) in [4.78, 5) is 25.3. The van der Waals surface area contributed by atoms with Gasteiger partial charge < -0.3 is 5.32 Å². The van der Waals surface area contributed by atoms with E-state index in [9.17, 15) is 27.2 Å². The van der Waals surface area contributed by atoms with Gasteiger partial charge in [0.25, 0.3) is 0 Å². The summed E-state index contributed by atoms with van der Waals surface area (Å²) in [6.45, 7) is 1.59. The zero-order chi connectivity index (χ0) is 18.6. The molecular formula is C17H16BrF4NO2. The van der Waals surface area contributed by atoms with Crippen LogP contribution in [0.15, 0.2) is 16.6 Å². The van der Waals surface area contributed by atoms with Gasteiger partial charge in [-0.1, -0.05) is 0 Å². The summed E-state index contributed by atoms with van der Waals surface area (Å²) in [6.07, 6.45) is -4.72. The number of benzene rings is 1. The van der Waals surface area contributed by atoms with Gasteiger partial charge in [-0.05, 0) is 71.8 Å². The van der Waals surface area contributed by atoms with Crippen LogP contribution in [0.1, 0.15) is 42.7 Å². The van der Waals surface area contributed by atoms with Crippen LogP contribution in [0.25, 0.3) is 0 Å². The van der Waals surface area contributed by atoms with Gasteiger partial charge in [-0.2, -0.15) is 13.2 Å². The summed E-state index contributed by atoms with van der Waals surface area (Å²) in [5.41, 5.74) is -0.405. The quantitative estimate of drug-likeness (QED) is 0.546. The lowest BCUT2D eigenvalue weighted by molar-refractivity contribution is -0.185. The van der Waals surface area contributed by atoms with Gasteiger partial charge in [-0.15, -0.1) is 0 Å².